The number of methoxy groups -OCH3 is 2. The fourth-order valence-electron chi connectivity index (χ4n) is 2.78. The monoisotopic (exact) mass is 402 g/mol. The molecule has 30 heavy (non-hydrogen) atoms. The van der Waals surface area contributed by atoms with Crippen LogP contribution in [0.4, 0.5) is 16.2 Å². The van der Waals surface area contributed by atoms with Crippen molar-refractivity contribution >= 4 is 29.3 Å². The number of nitrogens with one attached hydrogen (secondary N) is 2. The maximum absolute atomic E-state index is 12.6. The molecule has 0 radical (unpaired) electrons. The van der Waals surface area contributed by atoms with Crippen molar-refractivity contribution < 1.29 is 19.1 Å². The molecule has 2 amide bonds. The van der Waals surface area contributed by atoms with Crippen LogP contribution in [0.2, 0.25) is 0 Å². The van der Waals surface area contributed by atoms with Crippen LogP contribution in [0.15, 0.2) is 78.9 Å². The molecule has 0 aliphatic carbocycles. The minimum atomic E-state index is -0.385. The van der Waals surface area contributed by atoms with E-state index in [2.05, 4.69) is 10.6 Å². The molecule has 2 N–H and O–H groups in total. The average Bonchev–Trinajstić information content (AvgIpc) is 2.78. The number of allylic oxidation sites excluding steroid dienone is 1. The topological polar surface area (TPSA) is 76.7 Å². The SMILES string of the molecule is COc1ccc(/C=C/C(=O)c2cccc(NC(=O)Nc3ccccc3)c2)c(OC)c1. The number of amides is 2. The van der Waals surface area contributed by atoms with Gasteiger partial charge in [-0.25, -0.2) is 4.79 Å². The first-order valence-electron chi connectivity index (χ1n) is 9.26. The van der Waals surface area contributed by atoms with Crippen molar-refractivity contribution in [1.29, 1.82) is 0 Å². The van der Waals surface area contributed by atoms with Gasteiger partial charge in [-0.2, -0.15) is 0 Å². The summed E-state index contributed by atoms with van der Waals surface area (Å²) in [4.78, 5) is 24.7. The number of carbonyl (C=O) groups is 2. The van der Waals surface area contributed by atoms with Gasteiger partial charge in [0.25, 0.3) is 0 Å². The fraction of sp³-hybridized carbons (Fsp3) is 0.0833. The Morgan fingerprint density at radius 2 is 1.53 bits per heavy atom. The van der Waals surface area contributed by atoms with Gasteiger partial charge in [0.05, 0.1) is 14.2 Å². The maximum Gasteiger partial charge on any atom is 0.323 e. The predicted octanol–water partition coefficient (Wildman–Crippen LogP) is 5.24. The van der Waals surface area contributed by atoms with Gasteiger partial charge in [0.2, 0.25) is 0 Å². The van der Waals surface area contributed by atoms with Crippen LogP contribution >= 0.6 is 0 Å². The Morgan fingerprint density at radius 1 is 0.800 bits per heavy atom. The van der Waals surface area contributed by atoms with Gasteiger partial charge < -0.3 is 20.1 Å². The molecule has 0 atom stereocenters. The average molecular weight is 402 g/mol. The molecule has 0 fully saturated rings. The zero-order chi connectivity index (χ0) is 21.3. The molecule has 0 spiro atoms. The van der Waals surface area contributed by atoms with Crippen LogP contribution in [0.3, 0.4) is 0 Å². The Bertz CT molecular complexity index is 1060. The Balaban J connectivity index is 1.68. The predicted molar refractivity (Wildman–Crippen MR) is 118 cm³/mol. The van der Waals surface area contributed by atoms with Crippen molar-refractivity contribution in [3.63, 3.8) is 0 Å². The molecule has 6 nitrogen and oxygen atoms in total. The largest absolute Gasteiger partial charge is 0.497 e. The minimum absolute atomic E-state index is 0.194. The number of benzene rings is 3. The van der Waals surface area contributed by atoms with Crippen LogP contribution in [0.1, 0.15) is 15.9 Å². The number of para-hydroxylation sites is 1. The third-order valence-corrected chi connectivity index (χ3v) is 4.29. The highest BCUT2D eigenvalue weighted by atomic mass is 16.5. The number of carbonyl (C=O) groups excluding carboxylic acids is 2. The summed E-state index contributed by atoms with van der Waals surface area (Å²) in [6.45, 7) is 0. The second-order valence-electron chi connectivity index (χ2n) is 6.33. The van der Waals surface area contributed by atoms with E-state index in [-0.39, 0.29) is 11.8 Å². The standard InChI is InChI=1S/C24H22N2O4/c1-29-21-13-11-17(23(16-21)30-2)12-14-22(27)18-7-6-10-20(15-18)26-24(28)25-19-8-4-3-5-9-19/h3-16H,1-2H3,(H2,25,26,28)/b14-12+. The maximum atomic E-state index is 12.6. The molecule has 0 aliphatic heterocycles. The Kier molecular flexibility index (Phi) is 6.84. The number of ether oxygens (including phenoxy) is 2. The van der Waals surface area contributed by atoms with E-state index < -0.39 is 0 Å². The van der Waals surface area contributed by atoms with Crippen molar-refractivity contribution in [1.82, 2.24) is 0 Å². The van der Waals surface area contributed by atoms with Crippen molar-refractivity contribution in [2.24, 2.45) is 0 Å². The third-order valence-electron chi connectivity index (χ3n) is 4.29. The zero-order valence-electron chi connectivity index (χ0n) is 16.7. The molecule has 3 aromatic rings. The van der Waals surface area contributed by atoms with Gasteiger partial charge in [0.15, 0.2) is 5.78 Å². The van der Waals surface area contributed by atoms with Crippen LogP contribution in [0, 0.1) is 0 Å². The number of anilines is 2. The van der Waals surface area contributed by atoms with E-state index in [0.717, 1.165) is 5.56 Å². The van der Waals surface area contributed by atoms with Gasteiger partial charge in [-0.05, 0) is 48.6 Å². The van der Waals surface area contributed by atoms with Crippen LogP contribution < -0.4 is 20.1 Å². The molecule has 0 unspecified atom stereocenters. The Hall–Kier alpha value is -4.06. The summed E-state index contributed by atoms with van der Waals surface area (Å²) in [7, 11) is 3.14. The first kappa shape index (κ1) is 20.7. The summed E-state index contributed by atoms with van der Waals surface area (Å²) in [6, 6.07) is 20.8. The second kappa shape index (κ2) is 9.93. The number of ketones is 1. The normalized spacial score (nSPS) is 10.5. The number of urea groups is 1. The van der Waals surface area contributed by atoms with E-state index in [1.165, 1.54) is 6.08 Å². The van der Waals surface area contributed by atoms with Crippen LogP contribution in [-0.4, -0.2) is 26.0 Å². The molecule has 3 rings (SSSR count). The van der Waals surface area contributed by atoms with Gasteiger partial charge >= 0.3 is 6.03 Å². The summed E-state index contributed by atoms with van der Waals surface area (Å²) in [5.74, 6) is 1.08. The summed E-state index contributed by atoms with van der Waals surface area (Å²) < 4.78 is 10.5. The molecule has 0 heterocycles. The lowest BCUT2D eigenvalue weighted by Gasteiger charge is -2.08. The highest BCUT2D eigenvalue weighted by Gasteiger charge is 2.07. The molecular weight excluding hydrogens is 380 g/mol. The molecule has 0 saturated heterocycles. The van der Waals surface area contributed by atoms with Crippen LogP contribution in [0.5, 0.6) is 11.5 Å². The first-order chi connectivity index (χ1) is 14.6. The molecule has 0 aromatic heterocycles. The molecule has 0 bridgehead atoms. The van der Waals surface area contributed by atoms with Gasteiger partial charge in [-0.15, -0.1) is 0 Å². The summed E-state index contributed by atoms with van der Waals surface area (Å²) in [5, 5.41) is 5.46. The number of hydrogen-bond donors (Lipinski definition) is 2. The fourth-order valence-corrected chi connectivity index (χ4v) is 2.78. The highest BCUT2D eigenvalue weighted by molar-refractivity contribution is 6.08. The van der Waals surface area contributed by atoms with Gasteiger partial charge in [0.1, 0.15) is 11.5 Å². The smallest absolute Gasteiger partial charge is 0.323 e. The Morgan fingerprint density at radius 3 is 2.27 bits per heavy atom. The molecule has 6 heteroatoms. The molecule has 0 saturated carbocycles. The minimum Gasteiger partial charge on any atom is -0.497 e. The van der Waals surface area contributed by atoms with Crippen molar-refractivity contribution in [2.75, 3.05) is 24.9 Å². The quantitative estimate of drug-likeness (QED) is 0.418. The van der Waals surface area contributed by atoms with Crippen molar-refractivity contribution in [2.45, 2.75) is 0 Å². The lowest BCUT2D eigenvalue weighted by Crippen LogP contribution is -2.19. The molecule has 0 aliphatic rings. The van der Waals surface area contributed by atoms with Gasteiger partial charge in [-0.3, -0.25) is 4.79 Å². The number of hydrogen-bond acceptors (Lipinski definition) is 4. The van der Waals surface area contributed by atoms with Crippen LogP contribution in [-0.2, 0) is 0 Å². The molecule has 3 aromatic carbocycles. The Labute approximate surface area is 175 Å². The highest BCUT2D eigenvalue weighted by Crippen LogP contribution is 2.25. The van der Waals surface area contributed by atoms with Crippen molar-refractivity contribution in [3.05, 3.63) is 90.0 Å². The van der Waals surface area contributed by atoms with E-state index >= 15 is 0 Å². The summed E-state index contributed by atoms with van der Waals surface area (Å²) >= 11 is 0. The van der Waals surface area contributed by atoms with E-state index in [9.17, 15) is 9.59 Å². The van der Waals surface area contributed by atoms with Gasteiger partial charge in [-0.1, -0.05) is 30.3 Å². The summed E-state index contributed by atoms with van der Waals surface area (Å²) in [5.41, 5.74) is 2.41. The second-order valence-corrected chi connectivity index (χ2v) is 6.33. The van der Waals surface area contributed by atoms with Crippen molar-refractivity contribution in [3.8, 4) is 11.5 Å². The number of rotatable bonds is 7. The molecule has 152 valence electrons. The first-order valence-corrected chi connectivity index (χ1v) is 9.26. The third kappa shape index (κ3) is 5.48. The van der Waals surface area contributed by atoms with E-state index in [0.29, 0.717) is 28.4 Å². The van der Waals surface area contributed by atoms with Crippen LogP contribution in [0.25, 0.3) is 6.08 Å². The van der Waals surface area contributed by atoms with E-state index in [4.69, 9.17) is 9.47 Å². The van der Waals surface area contributed by atoms with E-state index in [1.54, 1.807) is 68.8 Å². The zero-order valence-corrected chi connectivity index (χ0v) is 16.7. The summed E-state index contributed by atoms with van der Waals surface area (Å²) in [6.07, 6.45) is 3.15. The lowest BCUT2D eigenvalue weighted by atomic mass is 10.1. The lowest BCUT2D eigenvalue weighted by molar-refractivity contribution is 0.104. The molecular formula is C24H22N2O4. The van der Waals surface area contributed by atoms with Gasteiger partial charge in [0, 0.05) is 28.6 Å². The van der Waals surface area contributed by atoms with E-state index in [1.807, 2.05) is 24.3 Å².